The van der Waals surface area contributed by atoms with Crippen molar-refractivity contribution >= 4 is 33.9 Å². The fourth-order valence-electron chi connectivity index (χ4n) is 0.898. The van der Waals surface area contributed by atoms with Crippen LogP contribution in [0.5, 0.6) is 0 Å². The summed E-state index contributed by atoms with van der Waals surface area (Å²) in [7, 11) is 0. The lowest BCUT2D eigenvalue weighted by molar-refractivity contribution is 0.927. The summed E-state index contributed by atoms with van der Waals surface area (Å²) in [6.45, 7) is 0. The van der Waals surface area contributed by atoms with Gasteiger partial charge in [0.2, 0.25) is 0 Å². The molecule has 0 bridgehead atoms. The van der Waals surface area contributed by atoms with Crippen molar-refractivity contribution in [1.82, 2.24) is 14.6 Å². The van der Waals surface area contributed by atoms with E-state index in [0.29, 0.717) is 5.82 Å². The highest BCUT2D eigenvalue weighted by Gasteiger charge is 2.04. The average molecular weight is 260 g/mol. The van der Waals surface area contributed by atoms with Gasteiger partial charge in [0, 0.05) is 6.20 Å². The van der Waals surface area contributed by atoms with Gasteiger partial charge >= 0.3 is 0 Å². The number of fused-ring (bicyclic) bond motifs is 1. The molecule has 2 aromatic rings. The lowest BCUT2D eigenvalue weighted by Crippen LogP contribution is -1.89. The SMILES string of the molecule is Nc1nn2cnccc2c1I. The number of aromatic nitrogens is 3. The van der Waals surface area contributed by atoms with Crippen LogP contribution in [0.2, 0.25) is 0 Å². The standard InChI is InChI=1S/C6H5IN4/c7-5-4-1-2-9-3-11(4)10-6(5)8/h1-3H,(H2,8,10). The molecule has 4 nitrogen and oxygen atoms in total. The van der Waals surface area contributed by atoms with Gasteiger partial charge in [0.1, 0.15) is 6.33 Å². The first-order chi connectivity index (χ1) is 5.29. The Kier molecular flexibility index (Phi) is 1.45. The van der Waals surface area contributed by atoms with Crippen LogP contribution in [-0.2, 0) is 0 Å². The van der Waals surface area contributed by atoms with Crippen molar-refractivity contribution in [2.45, 2.75) is 0 Å². The molecule has 2 heterocycles. The Morgan fingerprint density at radius 3 is 3.09 bits per heavy atom. The zero-order valence-corrected chi connectivity index (χ0v) is 7.69. The predicted octanol–water partition coefficient (Wildman–Crippen LogP) is 0.916. The minimum atomic E-state index is 0.554. The number of nitrogen functional groups attached to an aromatic ring is 1. The third-order valence-electron chi connectivity index (χ3n) is 1.41. The first kappa shape index (κ1) is 6.84. The molecule has 0 aliphatic heterocycles. The molecule has 0 aliphatic carbocycles. The molecule has 0 spiro atoms. The van der Waals surface area contributed by atoms with Gasteiger partial charge in [-0.2, -0.15) is 0 Å². The van der Waals surface area contributed by atoms with Gasteiger partial charge in [-0.05, 0) is 28.7 Å². The first-order valence-electron chi connectivity index (χ1n) is 3.02. The number of hydrogen-bond donors (Lipinski definition) is 1. The predicted molar refractivity (Wildman–Crippen MR) is 50.1 cm³/mol. The summed E-state index contributed by atoms with van der Waals surface area (Å²) in [5, 5.41) is 4.04. The van der Waals surface area contributed by atoms with Gasteiger partial charge in [0.15, 0.2) is 5.82 Å². The van der Waals surface area contributed by atoms with E-state index >= 15 is 0 Å². The van der Waals surface area contributed by atoms with E-state index in [9.17, 15) is 0 Å². The summed E-state index contributed by atoms with van der Waals surface area (Å²) in [6, 6.07) is 1.88. The number of halogens is 1. The zero-order chi connectivity index (χ0) is 7.84. The van der Waals surface area contributed by atoms with Gasteiger partial charge < -0.3 is 5.73 Å². The quantitative estimate of drug-likeness (QED) is 0.716. The van der Waals surface area contributed by atoms with Gasteiger partial charge in [-0.25, -0.2) is 9.50 Å². The van der Waals surface area contributed by atoms with Crippen LogP contribution in [0.1, 0.15) is 0 Å². The van der Waals surface area contributed by atoms with E-state index in [1.165, 1.54) is 0 Å². The molecule has 0 aromatic carbocycles. The monoisotopic (exact) mass is 260 g/mol. The summed E-state index contributed by atoms with van der Waals surface area (Å²) < 4.78 is 2.64. The van der Waals surface area contributed by atoms with E-state index in [1.54, 1.807) is 17.0 Å². The molecule has 0 fully saturated rings. The van der Waals surface area contributed by atoms with E-state index in [1.807, 2.05) is 6.07 Å². The van der Waals surface area contributed by atoms with Crippen molar-refractivity contribution in [3.8, 4) is 0 Å². The largest absolute Gasteiger partial charge is 0.381 e. The maximum absolute atomic E-state index is 5.59. The normalized spacial score (nSPS) is 10.6. The molecule has 0 aliphatic rings. The second-order valence-corrected chi connectivity index (χ2v) is 3.19. The highest BCUT2D eigenvalue weighted by Crippen LogP contribution is 2.18. The van der Waals surface area contributed by atoms with Gasteiger partial charge in [-0.15, -0.1) is 5.10 Å². The fraction of sp³-hybridized carbons (Fsp3) is 0. The van der Waals surface area contributed by atoms with Crippen LogP contribution in [0.4, 0.5) is 5.82 Å². The maximum Gasteiger partial charge on any atom is 0.160 e. The number of hydrogen-bond acceptors (Lipinski definition) is 3. The topological polar surface area (TPSA) is 56.2 Å². The van der Waals surface area contributed by atoms with Crippen LogP contribution < -0.4 is 5.73 Å². The summed E-state index contributed by atoms with van der Waals surface area (Å²) in [6.07, 6.45) is 3.35. The molecule has 11 heavy (non-hydrogen) atoms. The van der Waals surface area contributed by atoms with Crippen LogP contribution >= 0.6 is 22.6 Å². The highest BCUT2D eigenvalue weighted by molar-refractivity contribution is 14.1. The van der Waals surface area contributed by atoms with Crippen molar-refractivity contribution in [3.05, 3.63) is 22.2 Å². The Hall–Kier alpha value is -0.850. The summed E-state index contributed by atoms with van der Waals surface area (Å²) in [4.78, 5) is 3.91. The molecule has 0 amide bonds. The highest BCUT2D eigenvalue weighted by atomic mass is 127. The minimum Gasteiger partial charge on any atom is -0.381 e. The molecule has 5 heteroatoms. The lowest BCUT2D eigenvalue weighted by atomic mass is 10.5. The summed E-state index contributed by atoms with van der Waals surface area (Å²) in [5.74, 6) is 0.554. The number of nitrogens with two attached hydrogens (primary N) is 1. The van der Waals surface area contributed by atoms with E-state index in [4.69, 9.17) is 5.73 Å². The molecule has 0 saturated heterocycles. The second kappa shape index (κ2) is 2.33. The Bertz CT molecular complexity index is 394. The Labute approximate surface area is 76.6 Å². The molecule has 2 aromatic heterocycles. The molecular weight excluding hydrogens is 255 g/mol. The summed E-state index contributed by atoms with van der Waals surface area (Å²) in [5.41, 5.74) is 6.58. The Balaban J connectivity index is 2.92. The molecule has 2 N–H and O–H groups in total. The zero-order valence-electron chi connectivity index (χ0n) is 5.53. The van der Waals surface area contributed by atoms with Crippen LogP contribution in [0.3, 0.4) is 0 Å². The Morgan fingerprint density at radius 2 is 2.36 bits per heavy atom. The third kappa shape index (κ3) is 0.953. The number of rotatable bonds is 0. The van der Waals surface area contributed by atoms with E-state index < -0.39 is 0 Å². The van der Waals surface area contributed by atoms with Crippen LogP contribution in [-0.4, -0.2) is 14.6 Å². The smallest absolute Gasteiger partial charge is 0.160 e. The molecule has 0 atom stereocenters. The van der Waals surface area contributed by atoms with E-state index in [-0.39, 0.29) is 0 Å². The van der Waals surface area contributed by atoms with Crippen LogP contribution in [0, 0.1) is 3.57 Å². The molecular formula is C6H5IN4. The molecule has 2 rings (SSSR count). The Morgan fingerprint density at radius 1 is 1.55 bits per heavy atom. The lowest BCUT2D eigenvalue weighted by Gasteiger charge is -1.87. The van der Waals surface area contributed by atoms with Crippen LogP contribution in [0.25, 0.3) is 5.52 Å². The van der Waals surface area contributed by atoms with Crippen molar-refractivity contribution in [1.29, 1.82) is 0 Å². The average Bonchev–Trinajstić information content (AvgIpc) is 2.30. The van der Waals surface area contributed by atoms with Crippen molar-refractivity contribution < 1.29 is 0 Å². The van der Waals surface area contributed by atoms with E-state index in [0.717, 1.165) is 9.09 Å². The van der Waals surface area contributed by atoms with Gasteiger partial charge in [-0.1, -0.05) is 0 Å². The maximum atomic E-state index is 5.59. The number of nitrogens with zero attached hydrogens (tertiary/aromatic N) is 3. The van der Waals surface area contributed by atoms with Crippen LogP contribution in [0.15, 0.2) is 18.6 Å². The third-order valence-corrected chi connectivity index (χ3v) is 2.51. The van der Waals surface area contributed by atoms with Crippen molar-refractivity contribution in [2.75, 3.05) is 5.73 Å². The van der Waals surface area contributed by atoms with Gasteiger partial charge in [-0.3, -0.25) is 0 Å². The summed E-state index contributed by atoms with van der Waals surface area (Å²) >= 11 is 2.16. The van der Waals surface area contributed by atoms with Gasteiger partial charge in [0.05, 0.1) is 9.09 Å². The van der Waals surface area contributed by atoms with Crippen molar-refractivity contribution in [2.24, 2.45) is 0 Å². The molecule has 0 saturated carbocycles. The van der Waals surface area contributed by atoms with Crippen molar-refractivity contribution in [3.63, 3.8) is 0 Å². The van der Waals surface area contributed by atoms with E-state index in [2.05, 4.69) is 32.7 Å². The number of anilines is 1. The fourth-order valence-corrected chi connectivity index (χ4v) is 1.43. The first-order valence-corrected chi connectivity index (χ1v) is 4.10. The molecule has 56 valence electrons. The minimum absolute atomic E-state index is 0.554. The molecule has 0 unspecified atom stereocenters. The second-order valence-electron chi connectivity index (χ2n) is 2.11. The van der Waals surface area contributed by atoms with Gasteiger partial charge in [0.25, 0.3) is 0 Å². The molecule has 0 radical (unpaired) electrons.